The van der Waals surface area contributed by atoms with Crippen LogP contribution < -0.4 is 10.5 Å². The van der Waals surface area contributed by atoms with Crippen molar-refractivity contribution in [1.29, 1.82) is 0 Å². The van der Waals surface area contributed by atoms with E-state index in [-0.39, 0.29) is 0 Å². The average Bonchev–Trinajstić information content (AvgIpc) is 2.63. The van der Waals surface area contributed by atoms with E-state index >= 15 is 0 Å². The Morgan fingerprint density at radius 2 is 2.13 bits per heavy atom. The average molecular weight is 221 g/mol. The first-order valence-electron chi connectivity index (χ1n) is 4.60. The predicted molar refractivity (Wildman–Crippen MR) is 60.9 cm³/mol. The fourth-order valence-corrected chi connectivity index (χ4v) is 1.96. The SMILES string of the molecule is CCOc1nc(-c2ccncc2)sc1N. The highest BCUT2D eigenvalue weighted by Gasteiger charge is 2.10. The Hall–Kier alpha value is -1.62. The van der Waals surface area contributed by atoms with Gasteiger partial charge >= 0.3 is 0 Å². The smallest absolute Gasteiger partial charge is 0.249 e. The maximum absolute atomic E-state index is 5.78. The molecule has 15 heavy (non-hydrogen) atoms. The number of pyridine rings is 1. The number of nitrogens with zero attached hydrogens (tertiary/aromatic N) is 2. The van der Waals surface area contributed by atoms with Crippen LogP contribution in [0, 0.1) is 0 Å². The van der Waals surface area contributed by atoms with Gasteiger partial charge in [0.25, 0.3) is 0 Å². The first-order chi connectivity index (χ1) is 7.31. The Kier molecular flexibility index (Phi) is 2.82. The van der Waals surface area contributed by atoms with Gasteiger partial charge in [-0.15, -0.1) is 0 Å². The third-order valence-electron chi connectivity index (χ3n) is 1.83. The summed E-state index contributed by atoms with van der Waals surface area (Å²) in [6, 6.07) is 3.79. The number of ether oxygens (including phenoxy) is 1. The van der Waals surface area contributed by atoms with Crippen molar-refractivity contribution in [2.24, 2.45) is 0 Å². The second kappa shape index (κ2) is 4.27. The van der Waals surface area contributed by atoms with Crippen molar-refractivity contribution in [2.45, 2.75) is 6.92 Å². The van der Waals surface area contributed by atoms with Crippen molar-refractivity contribution in [3.8, 4) is 16.5 Å². The largest absolute Gasteiger partial charge is 0.476 e. The molecule has 2 rings (SSSR count). The van der Waals surface area contributed by atoms with Crippen molar-refractivity contribution >= 4 is 16.3 Å². The molecule has 0 atom stereocenters. The second-order valence-corrected chi connectivity index (χ2v) is 3.89. The van der Waals surface area contributed by atoms with Crippen LogP contribution in [-0.2, 0) is 0 Å². The van der Waals surface area contributed by atoms with Gasteiger partial charge in [0.1, 0.15) is 5.01 Å². The maximum Gasteiger partial charge on any atom is 0.249 e. The summed E-state index contributed by atoms with van der Waals surface area (Å²) < 4.78 is 5.30. The lowest BCUT2D eigenvalue weighted by atomic mass is 10.3. The molecule has 2 aromatic heterocycles. The normalized spacial score (nSPS) is 10.2. The fourth-order valence-electron chi connectivity index (χ4n) is 1.18. The number of anilines is 1. The van der Waals surface area contributed by atoms with E-state index in [2.05, 4.69) is 9.97 Å². The van der Waals surface area contributed by atoms with Gasteiger partial charge in [-0.1, -0.05) is 11.3 Å². The van der Waals surface area contributed by atoms with Crippen LogP contribution in [0.2, 0.25) is 0 Å². The quantitative estimate of drug-likeness (QED) is 0.863. The molecule has 0 aliphatic carbocycles. The van der Waals surface area contributed by atoms with Crippen LogP contribution in [0.4, 0.5) is 5.00 Å². The van der Waals surface area contributed by atoms with E-state index in [4.69, 9.17) is 10.5 Å². The Balaban J connectivity index is 2.34. The third kappa shape index (κ3) is 2.07. The monoisotopic (exact) mass is 221 g/mol. The summed E-state index contributed by atoms with van der Waals surface area (Å²) in [5.74, 6) is 0.523. The molecule has 0 radical (unpaired) electrons. The number of thiazole rings is 1. The number of nitrogen functional groups attached to an aromatic ring is 1. The molecule has 0 unspecified atom stereocenters. The van der Waals surface area contributed by atoms with Crippen LogP contribution in [0.15, 0.2) is 24.5 Å². The van der Waals surface area contributed by atoms with Gasteiger partial charge in [0, 0.05) is 18.0 Å². The third-order valence-corrected chi connectivity index (χ3v) is 2.74. The molecule has 78 valence electrons. The molecular weight excluding hydrogens is 210 g/mol. The molecule has 0 aromatic carbocycles. The summed E-state index contributed by atoms with van der Waals surface area (Å²) in [4.78, 5) is 8.26. The number of rotatable bonds is 3. The standard InChI is InChI=1S/C10H11N3OS/c1-2-14-9-8(11)15-10(13-9)7-3-5-12-6-4-7/h3-6H,2,11H2,1H3. The Morgan fingerprint density at radius 1 is 1.40 bits per heavy atom. The molecule has 0 saturated carbocycles. The summed E-state index contributed by atoms with van der Waals surface area (Å²) >= 11 is 1.42. The molecule has 0 bridgehead atoms. The first kappa shape index (κ1) is 9.92. The fraction of sp³-hybridized carbons (Fsp3) is 0.200. The number of hydrogen-bond acceptors (Lipinski definition) is 5. The van der Waals surface area contributed by atoms with E-state index in [9.17, 15) is 0 Å². The van der Waals surface area contributed by atoms with Crippen LogP contribution in [0.3, 0.4) is 0 Å². The highest BCUT2D eigenvalue weighted by atomic mass is 32.1. The van der Waals surface area contributed by atoms with E-state index in [1.165, 1.54) is 11.3 Å². The van der Waals surface area contributed by atoms with E-state index in [1.54, 1.807) is 12.4 Å². The Bertz CT molecular complexity index is 441. The van der Waals surface area contributed by atoms with Gasteiger partial charge in [-0.2, -0.15) is 4.98 Å². The molecule has 2 heterocycles. The zero-order valence-electron chi connectivity index (χ0n) is 8.30. The molecule has 0 aliphatic rings. The van der Waals surface area contributed by atoms with Crippen LogP contribution in [-0.4, -0.2) is 16.6 Å². The number of nitrogens with two attached hydrogens (primary N) is 1. The van der Waals surface area contributed by atoms with Crippen molar-refractivity contribution in [2.75, 3.05) is 12.3 Å². The Labute approximate surface area is 91.8 Å². The predicted octanol–water partition coefficient (Wildman–Crippen LogP) is 2.19. The van der Waals surface area contributed by atoms with Crippen molar-refractivity contribution in [1.82, 2.24) is 9.97 Å². The highest BCUT2D eigenvalue weighted by molar-refractivity contribution is 7.19. The van der Waals surface area contributed by atoms with E-state index in [0.29, 0.717) is 17.5 Å². The molecule has 0 spiro atoms. The molecular formula is C10H11N3OS. The van der Waals surface area contributed by atoms with Gasteiger partial charge in [0.15, 0.2) is 5.00 Å². The minimum atomic E-state index is 0.523. The van der Waals surface area contributed by atoms with E-state index in [0.717, 1.165) is 10.6 Å². The molecule has 2 aromatic rings. The van der Waals surface area contributed by atoms with Gasteiger partial charge in [0.2, 0.25) is 5.88 Å². The number of hydrogen-bond donors (Lipinski definition) is 1. The van der Waals surface area contributed by atoms with Crippen LogP contribution in [0.1, 0.15) is 6.92 Å². The minimum absolute atomic E-state index is 0.523. The maximum atomic E-state index is 5.78. The lowest BCUT2D eigenvalue weighted by molar-refractivity contribution is 0.331. The number of aromatic nitrogens is 2. The van der Waals surface area contributed by atoms with E-state index < -0.39 is 0 Å². The Morgan fingerprint density at radius 3 is 2.80 bits per heavy atom. The molecule has 0 saturated heterocycles. The summed E-state index contributed by atoms with van der Waals surface area (Å²) in [5, 5.41) is 1.47. The molecule has 5 heteroatoms. The van der Waals surface area contributed by atoms with Gasteiger partial charge in [-0.05, 0) is 19.1 Å². The van der Waals surface area contributed by atoms with Crippen LogP contribution in [0.5, 0.6) is 5.88 Å². The van der Waals surface area contributed by atoms with Crippen molar-refractivity contribution < 1.29 is 4.74 Å². The van der Waals surface area contributed by atoms with Gasteiger partial charge in [0.05, 0.1) is 6.61 Å². The summed E-state index contributed by atoms with van der Waals surface area (Å²) in [6.07, 6.45) is 3.46. The van der Waals surface area contributed by atoms with Gasteiger partial charge < -0.3 is 10.5 Å². The van der Waals surface area contributed by atoms with Crippen molar-refractivity contribution in [3.05, 3.63) is 24.5 Å². The first-order valence-corrected chi connectivity index (χ1v) is 5.42. The topological polar surface area (TPSA) is 61.0 Å². The zero-order valence-corrected chi connectivity index (χ0v) is 9.12. The summed E-state index contributed by atoms with van der Waals surface area (Å²) in [6.45, 7) is 2.48. The second-order valence-electron chi connectivity index (χ2n) is 2.86. The summed E-state index contributed by atoms with van der Waals surface area (Å²) in [7, 11) is 0. The summed E-state index contributed by atoms with van der Waals surface area (Å²) in [5.41, 5.74) is 6.79. The zero-order chi connectivity index (χ0) is 10.7. The molecule has 0 amide bonds. The lowest BCUT2D eigenvalue weighted by Gasteiger charge is -1.96. The molecule has 0 fully saturated rings. The molecule has 2 N–H and O–H groups in total. The van der Waals surface area contributed by atoms with E-state index in [1.807, 2.05) is 19.1 Å². The van der Waals surface area contributed by atoms with Crippen molar-refractivity contribution in [3.63, 3.8) is 0 Å². The molecule has 0 aliphatic heterocycles. The highest BCUT2D eigenvalue weighted by Crippen LogP contribution is 2.34. The molecule has 4 nitrogen and oxygen atoms in total. The lowest BCUT2D eigenvalue weighted by Crippen LogP contribution is -1.94. The van der Waals surface area contributed by atoms with Gasteiger partial charge in [-0.3, -0.25) is 4.98 Å². The van der Waals surface area contributed by atoms with Crippen LogP contribution >= 0.6 is 11.3 Å². The van der Waals surface area contributed by atoms with Crippen LogP contribution in [0.25, 0.3) is 10.6 Å². The minimum Gasteiger partial charge on any atom is -0.476 e. The van der Waals surface area contributed by atoms with Gasteiger partial charge in [-0.25, -0.2) is 0 Å².